The molecule has 2 aliphatic rings. The molecule has 0 bridgehead atoms. The van der Waals surface area contributed by atoms with E-state index in [1.165, 1.54) is 10.6 Å². The van der Waals surface area contributed by atoms with Crippen molar-refractivity contribution >= 4 is 11.9 Å². The number of nitrogens with zero attached hydrogens (tertiary/aromatic N) is 4. The Morgan fingerprint density at radius 3 is 2.77 bits per heavy atom. The topological polar surface area (TPSA) is 70.5 Å². The lowest BCUT2D eigenvalue weighted by atomic mass is 10.2. The van der Waals surface area contributed by atoms with Crippen LogP contribution in [0.4, 0.5) is 4.79 Å². The van der Waals surface area contributed by atoms with Crippen LogP contribution in [-0.4, -0.2) is 63.7 Å². The predicted octanol–water partition coefficient (Wildman–Crippen LogP) is 0.516. The van der Waals surface area contributed by atoms with Crippen molar-refractivity contribution in [1.29, 1.82) is 0 Å². The number of hydrogen-bond acceptors (Lipinski definition) is 4. The van der Waals surface area contributed by atoms with Crippen LogP contribution in [0.3, 0.4) is 0 Å². The third kappa shape index (κ3) is 2.99. The SMILES string of the molecule is Cc1cc(C)n(C[C@@H]2CCCN2CCN2C(=O)CNC2=O)n1. The summed E-state index contributed by atoms with van der Waals surface area (Å²) < 4.78 is 2.06. The summed E-state index contributed by atoms with van der Waals surface area (Å²) >= 11 is 0. The number of nitrogens with one attached hydrogen (secondary N) is 1. The van der Waals surface area contributed by atoms with Crippen molar-refractivity contribution in [2.24, 2.45) is 0 Å². The third-order valence-corrected chi connectivity index (χ3v) is 4.53. The van der Waals surface area contributed by atoms with Crippen molar-refractivity contribution in [3.63, 3.8) is 0 Å². The zero-order valence-corrected chi connectivity index (χ0v) is 13.2. The first-order valence-corrected chi connectivity index (χ1v) is 7.88. The molecule has 1 aromatic heterocycles. The van der Waals surface area contributed by atoms with E-state index in [9.17, 15) is 9.59 Å². The molecule has 0 saturated carbocycles. The van der Waals surface area contributed by atoms with Gasteiger partial charge in [0.25, 0.3) is 0 Å². The second kappa shape index (κ2) is 6.08. The maximum absolute atomic E-state index is 11.6. The Morgan fingerprint density at radius 2 is 2.14 bits per heavy atom. The Bertz CT molecular complexity index is 566. The molecule has 3 heterocycles. The van der Waals surface area contributed by atoms with E-state index in [-0.39, 0.29) is 18.5 Å². The molecule has 7 nitrogen and oxygen atoms in total. The molecule has 0 aliphatic carbocycles. The highest BCUT2D eigenvalue weighted by Crippen LogP contribution is 2.19. The van der Waals surface area contributed by atoms with Crippen molar-refractivity contribution < 1.29 is 9.59 Å². The minimum Gasteiger partial charge on any atom is -0.329 e. The quantitative estimate of drug-likeness (QED) is 0.805. The number of hydrogen-bond donors (Lipinski definition) is 1. The van der Waals surface area contributed by atoms with E-state index in [1.54, 1.807) is 0 Å². The van der Waals surface area contributed by atoms with Crippen LogP contribution in [0, 0.1) is 13.8 Å². The molecular weight excluding hydrogens is 282 g/mol. The lowest BCUT2D eigenvalue weighted by Gasteiger charge is -2.26. The van der Waals surface area contributed by atoms with Gasteiger partial charge in [-0.2, -0.15) is 5.10 Å². The Morgan fingerprint density at radius 1 is 1.32 bits per heavy atom. The summed E-state index contributed by atoms with van der Waals surface area (Å²) in [5.41, 5.74) is 2.22. The van der Waals surface area contributed by atoms with E-state index in [2.05, 4.69) is 33.0 Å². The second-order valence-electron chi connectivity index (χ2n) is 6.15. The molecule has 2 saturated heterocycles. The number of rotatable bonds is 5. The molecule has 22 heavy (non-hydrogen) atoms. The van der Waals surface area contributed by atoms with E-state index in [4.69, 9.17) is 0 Å². The molecule has 7 heteroatoms. The van der Waals surface area contributed by atoms with Crippen LogP contribution in [-0.2, 0) is 11.3 Å². The Balaban J connectivity index is 1.58. The molecule has 2 fully saturated rings. The van der Waals surface area contributed by atoms with Gasteiger partial charge in [0, 0.05) is 24.8 Å². The van der Waals surface area contributed by atoms with Gasteiger partial charge in [-0.1, -0.05) is 0 Å². The minimum absolute atomic E-state index is 0.126. The van der Waals surface area contributed by atoms with Crippen molar-refractivity contribution in [2.75, 3.05) is 26.2 Å². The van der Waals surface area contributed by atoms with Crippen molar-refractivity contribution in [3.8, 4) is 0 Å². The fraction of sp³-hybridized carbons (Fsp3) is 0.667. The Labute approximate surface area is 130 Å². The molecule has 1 N–H and O–H groups in total. The third-order valence-electron chi connectivity index (χ3n) is 4.53. The Hall–Kier alpha value is -1.89. The average molecular weight is 305 g/mol. The smallest absolute Gasteiger partial charge is 0.324 e. The van der Waals surface area contributed by atoms with E-state index in [0.717, 1.165) is 38.2 Å². The molecular formula is C15H23N5O2. The number of carbonyl (C=O) groups excluding carboxylic acids is 2. The van der Waals surface area contributed by atoms with Gasteiger partial charge >= 0.3 is 6.03 Å². The fourth-order valence-electron chi connectivity index (χ4n) is 3.37. The van der Waals surface area contributed by atoms with Gasteiger partial charge in [-0.05, 0) is 39.3 Å². The van der Waals surface area contributed by atoms with E-state index in [1.807, 2.05) is 6.92 Å². The highest BCUT2D eigenvalue weighted by Gasteiger charge is 2.31. The molecule has 0 unspecified atom stereocenters. The van der Waals surface area contributed by atoms with Crippen LogP contribution in [0.25, 0.3) is 0 Å². The summed E-state index contributed by atoms with van der Waals surface area (Å²) in [6.45, 7) is 7.32. The number of likely N-dealkylation sites (tertiary alicyclic amines) is 1. The van der Waals surface area contributed by atoms with E-state index >= 15 is 0 Å². The summed E-state index contributed by atoms with van der Waals surface area (Å²) in [7, 11) is 0. The summed E-state index contributed by atoms with van der Waals surface area (Å²) in [4.78, 5) is 26.9. The van der Waals surface area contributed by atoms with Crippen molar-refractivity contribution in [2.45, 2.75) is 39.3 Å². The fourth-order valence-corrected chi connectivity index (χ4v) is 3.37. The first-order chi connectivity index (χ1) is 10.5. The van der Waals surface area contributed by atoms with Crippen LogP contribution >= 0.6 is 0 Å². The predicted molar refractivity (Wildman–Crippen MR) is 81.4 cm³/mol. The lowest BCUT2D eigenvalue weighted by Crippen LogP contribution is -2.41. The van der Waals surface area contributed by atoms with Crippen LogP contribution in [0.5, 0.6) is 0 Å². The molecule has 1 atom stereocenters. The molecule has 1 aromatic rings. The summed E-state index contributed by atoms with van der Waals surface area (Å²) in [5, 5.41) is 7.09. The summed E-state index contributed by atoms with van der Waals surface area (Å²) in [6, 6.07) is 2.25. The highest BCUT2D eigenvalue weighted by atomic mass is 16.2. The van der Waals surface area contributed by atoms with Gasteiger partial charge in [-0.15, -0.1) is 0 Å². The van der Waals surface area contributed by atoms with E-state index in [0.29, 0.717) is 12.6 Å². The van der Waals surface area contributed by atoms with Gasteiger partial charge in [0.1, 0.15) is 0 Å². The van der Waals surface area contributed by atoms with Crippen LogP contribution in [0.1, 0.15) is 24.2 Å². The molecule has 0 radical (unpaired) electrons. The number of urea groups is 1. The van der Waals surface area contributed by atoms with Gasteiger partial charge in [-0.25, -0.2) is 4.79 Å². The first-order valence-electron chi connectivity index (χ1n) is 7.88. The van der Waals surface area contributed by atoms with E-state index < -0.39 is 0 Å². The Kier molecular flexibility index (Phi) is 4.15. The first kappa shape index (κ1) is 15.0. The number of aryl methyl sites for hydroxylation is 2. The van der Waals surface area contributed by atoms with Crippen molar-refractivity contribution in [3.05, 3.63) is 17.5 Å². The van der Waals surface area contributed by atoms with Crippen LogP contribution < -0.4 is 5.32 Å². The second-order valence-corrected chi connectivity index (χ2v) is 6.15. The zero-order valence-electron chi connectivity index (χ0n) is 13.2. The maximum Gasteiger partial charge on any atom is 0.324 e. The molecule has 0 aromatic carbocycles. The number of amides is 3. The molecule has 3 rings (SSSR count). The van der Waals surface area contributed by atoms with Crippen LogP contribution in [0.2, 0.25) is 0 Å². The monoisotopic (exact) mass is 305 g/mol. The van der Waals surface area contributed by atoms with Gasteiger partial charge in [0.15, 0.2) is 0 Å². The molecule has 3 amide bonds. The standard InChI is InChI=1S/C15H23N5O2/c1-11-8-12(2)20(17-11)10-13-4-3-5-18(13)6-7-19-14(21)9-16-15(19)22/h8,13H,3-7,9-10H2,1-2H3,(H,16,22)/t13-/m0/s1. The minimum atomic E-state index is -0.265. The molecule has 120 valence electrons. The van der Waals surface area contributed by atoms with Gasteiger partial charge < -0.3 is 5.32 Å². The number of imide groups is 1. The maximum atomic E-state index is 11.6. The largest absolute Gasteiger partial charge is 0.329 e. The average Bonchev–Trinajstić information content (AvgIpc) is 3.12. The summed E-state index contributed by atoms with van der Waals surface area (Å²) in [5.74, 6) is -0.126. The zero-order chi connectivity index (χ0) is 15.7. The molecule has 2 aliphatic heterocycles. The number of carbonyl (C=O) groups is 2. The van der Waals surface area contributed by atoms with Crippen molar-refractivity contribution in [1.82, 2.24) is 24.9 Å². The normalized spacial score (nSPS) is 22.6. The van der Waals surface area contributed by atoms with Gasteiger partial charge in [-0.3, -0.25) is 19.3 Å². The summed E-state index contributed by atoms with van der Waals surface area (Å²) in [6.07, 6.45) is 2.29. The number of aromatic nitrogens is 2. The van der Waals surface area contributed by atoms with Crippen LogP contribution in [0.15, 0.2) is 6.07 Å². The van der Waals surface area contributed by atoms with Gasteiger partial charge in [0.2, 0.25) is 5.91 Å². The highest BCUT2D eigenvalue weighted by molar-refractivity contribution is 6.01. The lowest BCUT2D eigenvalue weighted by molar-refractivity contribution is -0.125. The van der Waals surface area contributed by atoms with Gasteiger partial charge in [0.05, 0.1) is 18.8 Å². The molecule has 0 spiro atoms.